The second kappa shape index (κ2) is 6.13. The van der Waals surface area contributed by atoms with Gasteiger partial charge in [0.25, 0.3) is 0 Å². The van der Waals surface area contributed by atoms with Crippen molar-refractivity contribution in [3.63, 3.8) is 0 Å². The molecule has 2 rings (SSSR count). The van der Waals surface area contributed by atoms with Crippen molar-refractivity contribution in [2.45, 2.75) is 13.3 Å². The largest absolute Gasteiger partial charge is 0.326 e. The van der Waals surface area contributed by atoms with Gasteiger partial charge in [-0.1, -0.05) is 28.1 Å². The minimum atomic E-state index is -0.950. The van der Waals surface area contributed by atoms with Crippen molar-refractivity contribution in [3.05, 3.63) is 63.6 Å². The fourth-order valence-corrected chi connectivity index (χ4v) is 2.12. The number of rotatable bonds is 3. The van der Waals surface area contributed by atoms with Gasteiger partial charge in [0.15, 0.2) is 11.6 Å². The van der Waals surface area contributed by atoms with E-state index in [4.69, 9.17) is 0 Å². The van der Waals surface area contributed by atoms with Crippen LogP contribution in [-0.4, -0.2) is 5.91 Å². The maximum absolute atomic E-state index is 13.1. The Bertz CT molecular complexity index is 658. The van der Waals surface area contributed by atoms with Crippen LogP contribution in [0.3, 0.4) is 0 Å². The van der Waals surface area contributed by atoms with Crippen molar-refractivity contribution in [2.24, 2.45) is 0 Å². The van der Waals surface area contributed by atoms with Gasteiger partial charge < -0.3 is 5.32 Å². The standard InChI is InChI=1S/C15H12BrF2NO/c1-9-2-4-11(16)8-14(9)19-15(20)7-10-3-5-12(17)13(18)6-10/h2-6,8H,7H2,1H3,(H,19,20). The van der Waals surface area contributed by atoms with Crippen LogP contribution in [0.15, 0.2) is 40.9 Å². The number of carbonyl (C=O) groups excluding carboxylic acids is 1. The summed E-state index contributed by atoms with van der Waals surface area (Å²) in [6.07, 6.45) is -0.0108. The molecule has 0 aliphatic carbocycles. The van der Waals surface area contributed by atoms with Gasteiger partial charge >= 0.3 is 0 Å². The quantitative estimate of drug-likeness (QED) is 0.891. The molecular weight excluding hydrogens is 328 g/mol. The van der Waals surface area contributed by atoms with E-state index in [1.54, 1.807) is 6.07 Å². The van der Waals surface area contributed by atoms with Gasteiger partial charge in [-0.05, 0) is 42.3 Å². The molecule has 1 N–H and O–H groups in total. The monoisotopic (exact) mass is 339 g/mol. The summed E-state index contributed by atoms with van der Waals surface area (Å²) in [4.78, 5) is 11.9. The Morgan fingerprint density at radius 1 is 1.15 bits per heavy atom. The molecule has 0 aliphatic heterocycles. The van der Waals surface area contributed by atoms with Crippen molar-refractivity contribution < 1.29 is 13.6 Å². The van der Waals surface area contributed by atoms with Crippen LogP contribution < -0.4 is 5.32 Å². The lowest BCUT2D eigenvalue weighted by atomic mass is 10.1. The molecule has 0 atom stereocenters. The lowest BCUT2D eigenvalue weighted by molar-refractivity contribution is -0.115. The fourth-order valence-electron chi connectivity index (χ4n) is 1.76. The van der Waals surface area contributed by atoms with Crippen LogP contribution in [0.4, 0.5) is 14.5 Å². The molecule has 0 heterocycles. The lowest BCUT2D eigenvalue weighted by Gasteiger charge is -2.09. The van der Waals surface area contributed by atoms with Gasteiger partial charge in [0.05, 0.1) is 6.42 Å². The lowest BCUT2D eigenvalue weighted by Crippen LogP contribution is -2.15. The molecule has 20 heavy (non-hydrogen) atoms. The van der Waals surface area contributed by atoms with Crippen molar-refractivity contribution >= 4 is 27.5 Å². The number of anilines is 1. The number of halogens is 3. The van der Waals surface area contributed by atoms with Crippen molar-refractivity contribution in [2.75, 3.05) is 5.32 Å². The van der Waals surface area contributed by atoms with Gasteiger partial charge in [0.1, 0.15) is 0 Å². The highest BCUT2D eigenvalue weighted by Gasteiger charge is 2.09. The van der Waals surface area contributed by atoms with E-state index in [9.17, 15) is 13.6 Å². The molecule has 0 saturated carbocycles. The first kappa shape index (κ1) is 14.7. The zero-order chi connectivity index (χ0) is 14.7. The molecule has 0 fully saturated rings. The molecule has 2 aromatic rings. The molecule has 0 unspecified atom stereocenters. The van der Waals surface area contributed by atoms with E-state index in [1.807, 2.05) is 19.1 Å². The highest BCUT2D eigenvalue weighted by Crippen LogP contribution is 2.21. The molecule has 2 nitrogen and oxygen atoms in total. The van der Waals surface area contributed by atoms with Gasteiger partial charge in [-0.2, -0.15) is 0 Å². The first-order valence-electron chi connectivity index (χ1n) is 5.95. The van der Waals surface area contributed by atoms with Crippen LogP contribution in [0.2, 0.25) is 0 Å². The number of benzene rings is 2. The van der Waals surface area contributed by atoms with Crippen LogP contribution in [-0.2, 0) is 11.2 Å². The zero-order valence-electron chi connectivity index (χ0n) is 10.7. The number of nitrogens with one attached hydrogen (secondary N) is 1. The highest BCUT2D eigenvalue weighted by atomic mass is 79.9. The van der Waals surface area contributed by atoms with E-state index >= 15 is 0 Å². The maximum Gasteiger partial charge on any atom is 0.228 e. The van der Waals surface area contributed by atoms with E-state index in [1.165, 1.54) is 6.07 Å². The molecule has 1 amide bonds. The molecule has 0 aliphatic rings. The first-order valence-corrected chi connectivity index (χ1v) is 6.75. The average molecular weight is 340 g/mol. The summed E-state index contributed by atoms with van der Waals surface area (Å²) in [7, 11) is 0. The predicted molar refractivity (Wildman–Crippen MR) is 77.6 cm³/mol. The van der Waals surface area contributed by atoms with E-state index in [2.05, 4.69) is 21.2 Å². The van der Waals surface area contributed by atoms with Gasteiger partial charge in [-0.25, -0.2) is 8.78 Å². The maximum atomic E-state index is 13.1. The van der Waals surface area contributed by atoms with Crippen molar-refractivity contribution in [1.29, 1.82) is 0 Å². The average Bonchev–Trinajstić information content (AvgIpc) is 2.38. The van der Waals surface area contributed by atoms with Gasteiger partial charge in [0, 0.05) is 10.2 Å². The van der Waals surface area contributed by atoms with Crippen LogP contribution in [0.5, 0.6) is 0 Å². The first-order chi connectivity index (χ1) is 9.45. The molecule has 104 valence electrons. The second-order valence-electron chi connectivity index (χ2n) is 4.43. The Morgan fingerprint density at radius 3 is 2.60 bits per heavy atom. The smallest absolute Gasteiger partial charge is 0.228 e. The summed E-state index contributed by atoms with van der Waals surface area (Å²) < 4.78 is 26.7. The number of amides is 1. The molecule has 0 aromatic heterocycles. The Morgan fingerprint density at radius 2 is 1.90 bits per heavy atom. The van der Waals surface area contributed by atoms with Crippen LogP contribution in [0, 0.1) is 18.6 Å². The van der Waals surface area contributed by atoms with E-state index in [0.29, 0.717) is 11.3 Å². The topological polar surface area (TPSA) is 29.1 Å². The summed E-state index contributed by atoms with van der Waals surface area (Å²) in [5.74, 6) is -2.15. The minimum absolute atomic E-state index is 0.0108. The summed E-state index contributed by atoms with van der Waals surface area (Å²) in [6, 6.07) is 8.98. The third-order valence-corrected chi connectivity index (χ3v) is 3.32. The number of aryl methyl sites for hydroxylation is 1. The van der Waals surface area contributed by atoms with Crippen LogP contribution >= 0.6 is 15.9 Å². The Balaban J connectivity index is 2.09. The van der Waals surface area contributed by atoms with Crippen LogP contribution in [0.1, 0.15) is 11.1 Å². The van der Waals surface area contributed by atoms with E-state index < -0.39 is 11.6 Å². The summed E-state index contributed by atoms with van der Waals surface area (Å²) in [5.41, 5.74) is 2.04. The van der Waals surface area contributed by atoms with Gasteiger partial charge in [-0.3, -0.25) is 4.79 Å². The SMILES string of the molecule is Cc1ccc(Br)cc1NC(=O)Cc1ccc(F)c(F)c1. The highest BCUT2D eigenvalue weighted by molar-refractivity contribution is 9.10. The fraction of sp³-hybridized carbons (Fsp3) is 0.133. The minimum Gasteiger partial charge on any atom is -0.326 e. The molecule has 2 aromatic carbocycles. The Kier molecular flexibility index (Phi) is 4.49. The predicted octanol–water partition coefficient (Wildman–Crippen LogP) is 4.22. The molecule has 0 spiro atoms. The normalized spacial score (nSPS) is 10.4. The zero-order valence-corrected chi connectivity index (χ0v) is 12.3. The summed E-state index contributed by atoms with van der Waals surface area (Å²) in [5, 5.41) is 2.75. The van der Waals surface area contributed by atoms with Crippen molar-refractivity contribution in [3.8, 4) is 0 Å². The van der Waals surface area contributed by atoms with Crippen LogP contribution in [0.25, 0.3) is 0 Å². The summed E-state index contributed by atoms with van der Waals surface area (Å²) >= 11 is 3.33. The molecule has 0 bridgehead atoms. The molecule has 0 saturated heterocycles. The molecule has 5 heteroatoms. The van der Waals surface area contributed by atoms with E-state index in [-0.39, 0.29) is 12.3 Å². The third-order valence-electron chi connectivity index (χ3n) is 2.82. The number of hydrogen-bond donors (Lipinski definition) is 1. The number of hydrogen-bond acceptors (Lipinski definition) is 1. The van der Waals surface area contributed by atoms with Gasteiger partial charge in [0.2, 0.25) is 5.91 Å². The Labute approximate surface area is 123 Å². The Hall–Kier alpha value is -1.75. The molecule has 0 radical (unpaired) electrons. The van der Waals surface area contributed by atoms with Crippen molar-refractivity contribution in [1.82, 2.24) is 0 Å². The molecular formula is C15H12BrF2NO. The van der Waals surface area contributed by atoms with Gasteiger partial charge in [-0.15, -0.1) is 0 Å². The second-order valence-corrected chi connectivity index (χ2v) is 5.35. The van der Waals surface area contributed by atoms with E-state index in [0.717, 1.165) is 22.2 Å². The summed E-state index contributed by atoms with van der Waals surface area (Å²) in [6.45, 7) is 1.87. The third kappa shape index (κ3) is 3.63. The number of carbonyl (C=O) groups is 1.